The summed E-state index contributed by atoms with van der Waals surface area (Å²) in [6, 6.07) is 13.3. The van der Waals surface area contributed by atoms with E-state index in [1.54, 1.807) is 42.7 Å². The molecule has 0 radical (unpaired) electrons. The molecule has 4 rings (SSSR count). The number of Topliss-reactive ketones (excluding diaryl/α,β-unsaturated/α-hetero) is 1. The Bertz CT molecular complexity index is 1260. The molecule has 2 heterocycles. The van der Waals surface area contributed by atoms with E-state index in [1.165, 1.54) is 4.90 Å². The van der Waals surface area contributed by atoms with Crippen molar-refractivity contribution in [1.82, 2.24) is 9.88 Å². The Labute approximate surface area is 195 Å². The Kier molecular flexibility index (Phi) is 6.04. The van der Waals surface area contributed by atoms with Gasteiger partial charge in [-0.3, -0.25) is 14.6 Å². The summed E-state index contributed by atoms with van der Waals surface area (Å²) in [6.45, 7) is 3.88. The predicted molar refractivity (Wildman–Crippen MR) is 124 cm³/mol. The normalized spacial score (nSPS) is 17.8. The van der Waals surface area contributed by atoms with Gasteiger partial charge >= 0.3 is 0 Å². The van der Waals surface area contributed by atoms with Gasteiger partial charge in [0.25, 0.3) is 11.7 Å². The van der Waals surface area contributed by atoms with E-state index in [-0.39, 0.29) is 17.9 Å². The van der Waals surface area contributed by atoms with Crippen molar-refractivity contribution in [3.8, 4) is 0 Å². The van der Waals surface area contributed by atoms with Crippen molar-refractivity contribution in [2.24, 2.45) is 0 Å². The van der Waals surface area contributed by atoms with E-state index in [0.717, 1.165) is 16.7 Å². The molecule has 2 aromatic carbocycles. The van der Waals surface area contributed by atoms with Crippen molar-refractivity contribution in [1.29, 1.82) is 0 Å². The molecule has 0 bridgehead atoms. The highest BCUT2D eigenvalue weighted by atomic mass is 35.5. The zero-order chi connectivity index (χ0) is 23.0. The van der Waals surface area contributed by atoms with E-state index >= 15 is 0 Å². The molecule has 1 saturated heterocycles. The van der Waals surface area contributed by atoms with Gasteiger partial charge in [-0.05, 0) is 54.8 Å². The number of amides is 1. The molecule has 1 fully saturated rings. The summed E-state index contributed by atoms with van der Waals surface area (Å²) in [6.07, 6.45) is 3.27. The lowest BCUT2D eigenvalue weighted by Crippen LogP contribution is -2.29. The van der Waals surface area contributed by atoms with Crippen LogP contribution in [-0.4, -0.2) is 26.7 Å². The number of hydrogen-bond acceptors (Lipinski definition) is 4. The molecule has 0 saturated carbocycles. The van der Waals surface area contributed by atoms with Gasteiger partial charge in [0.15, 0.2) is 0 Å². The highest BCUT2D eigenvalue weighted by Gasteiger charge is 2.46. The standard InChI is InChI=1S/C25H20Cl2N2O3/c1-14-5-6-15(2)18(10-14)23(30)21-22(17-7-8-19(26)20(27)11-17)29(25(32)24(21)31)13-16-4-3-9-28-12-16/h3-12,22,30H,13H2,1-2H3. The maximum atomic E-state index is 13.2. The first-order valence-corrected chi connectivity index (χ1v) is 10.7. The maximum absolute atomic E-state index is 13.2. The number of hydrogen-bond donors (Lipinski definition) is 1. The molecule has 0 spiro atoms. The van der Waals surface area contributed by atoms with Crippen molar-refractivity contribution < 1.29 is 14.7 Å². The van der Waals surface area contributed by atoms with E-state index in [9.17, 15) is 14.7 Å². The molecule has 1 amide bonds. The third-order valence-electron chi connectivity index (χ3n) is 5.52. The lowest BCUT2D eigenvalue weighted by Gasteiger charge is -2.25. The zero-order valence-corrected chi connectivity index (χ0v) is 19.0. The predicted octanol–water partition coefficient (Wildman–Crippen LogP) is 5.63. The Morgan fingerprint density at radius 2 is 1.84 bits per heavy atom. The van der Waals surface area contributed by atoms with E-state index in [1.807, 2.05) is 32.0 Å². The van der Waals surface area contributed by atoms with Crippen molar-refractivity contribution in [2.75, 3.05) is 0 Å². The summed E-state index contributed by atoms with van der Waals surface area (Å²) in [5, 5.41) is 11.9. The lowest BCUT2D eigenvalue weighted by atomic mass is 9.93. The highest BCUT2D eigenvalue weighted by Crippen LogP contribution is 2.42. The van der Waals surface area contributed by atoms with Gasteiger partial charge in [0, 0.05) is 24.5 Å². The number of aliphatic hydroxyl groups excluding tert-OH is 1. The van der Waals surface area contributed by atoms with Gasteiger partial charge in [-0.15, -0.1) is 0 Å². The summed E-state index contributed by atoms with van der Waals surface area (Å²) in [5.74, 6) is -1.66. The van der Waals surface area contributed by atoms with Crippen LogP contribution in [0.3, 0.4) is 0 Å². The number of ketones is 1. The average Bonchev–Trinajstić information content (AvgIpc) is 3.02. The van der Waals surface area contributed by atoms with Gasteiger partial charge in [-0.2, -0.15) is 0 Å². The van der Waals surface area contributed by atoms with Crippen LogP contribution in [0.5, 0.6) is 0 Å². The first kappa shape index (κ1) is 22.1. The average molecular weight is 467 g/mol. The van der Waals surface area contributed by atoms with Crippen molar-refractivity contribution in [2.45, 2.75) is 26.4 Å². The largest absolute Gasteiger partial charge is 0.507 e. The summed E-state index contributed by atoms with van der Waals surface area (Å²) in [7, 11) is 0. The number of benzene rings is 2. The molecule has 7 heteroatoms. The first-order valence-electron chi connectivity index (χ1n) is 9.98. The number of likely N-dealkylation sites (tertiary alicyclic amines) is 1. The summed E-state index contributed by atoms with van der Waals surface area (Å²) >= 11 is 12.3. The molecule has 1 unspecified atom stereocenters. The van der Waals surface area contributed by atoms with E-state index < -0.39 is 17.7 Å². The van der Waals surface area contributed by atoms with E-state index in [2.05, 4.69) is 4.98 Å². The molecular formula is C25H20Cl2N2O3. The summed E-state index contributed by atoms with van der Waals surface area (Å²) in [5.41, 5.74) is 3.58. The molecule has 1 atom stereocenters. The van der Waals surface area contributed by atoms with Crippen LogP contribution >= 0.6 is 23.2 Å². The Morgan fingerprint density at radius 3 is 2.53 bits per heavy atom. The number of carbonyl (C=O) groups is 2. The second-order valence-corrected chi connectivity index (χ2v) is 8.59. The van der Waals surface area contributed by atoms with Gasteiger partial charge in [0.05, 0.1) is 21.7 Å². The lowest BCUT2D eigenvalue weighted by molar-refractivity contribution is -0.140. The molecule has 0 aliphatic carbocycles. The summed E-state index contributed by atoms with van der Waals surface area (Å²) < 4.78 is 0. The quantitative estimate of drug-likeness (QED) is 0.307. The maximum Gasteiger partial charge on any atom is 0.295 e. The van der Waals surface area contributed by atoms with Crippen LogP contribution in [0.15, 0.2) is 66.5 Å². The van der Waals surface area contributed by atoms with Crippen molar-refractivity contribution in [3.05, 3.63) is 104 Å². The van der Waals surface area contributed by atoms with Crippen molar-refractivity contribution >= 4 is 40.7 Å². The molecule has 1 aliphatic rings. The molecule has 5 nitrogen and oxygen atoms in total. The molecule has 1 N–H and O–H groups in total. The van der Waals surface area contributed by atoms with Crippen LogP contribution in [0.25, 0.3) is 5.76 Å². The Morgan fingerprint density at radius 1 is 1.06 bits per heavy atom. The molecule has 1 aliphatic heterocycles. The Balaban J connectivity index is 1.92. The molecule has 162 valence electrons. The SMILES string of the molecule is Cc1ccc(C)c(C(O)=C2C(=O)C(=O)N(Cc3cccnc3)C2c2ccc(Cl)c(Cl)c2)c1. The molecule has 1 aromatic heterocycles. The number of aliphatic hydroxyl groups is 1. The number of aromatic nitrogens is 1. The minimum atomic E-state index is -0.829. The topological polar surface area (TPSA) is 70.5 Å². The van der Waals surface area contributed by atoms with Crippen LogP contribution in [0.1, 0.15) is 33.9 Å². The van der Waals surface area contributed by atoms with Crippen molar-refractivity contribution in [3.63, 3.8) is 0 Å². The number of halogens is 2. The number of carbonyl (C=O) groups excluding carboxylic acids is 2. The fourth-order valence-electron chi connectivity index (χ4n) is 3.90. The first-order chi connectivity index (χ1) is 15.3. The number of pyridine rings is 1. The second-order valence-electron chi connectivity index (χ2n) is 7.78. The third kappa shape index (κ3) is 4.01. The minimum absolute atomic E-state index is 0.0194. The molecule has 32 heavy (non-hydrogen) atoms. The fraction of sp³-hybridized carbons (Fsp3) is 0.160. The zero-order valence-electron chi connectivity index (χ0n) is 17.5. The van der Waals surface area contributed by atoms with Crippen LogP contribution in [0.2, 0.25) is 10.0 Å². The summed E-state index contributed by atoms with van der Waals surface area (Å²) in [4.78, 5) is 31.8. The number of rotatable bonds is 4. The van der Waals surface area contributed by atoms with Gasteiger partial charge in [-0.1, -0.05) is 53.0 Å². The van der Waals surface area contributed by atoms with Crippen LogP contribution in [-0.2, 0) is 16.1 Å². The monoisotopic (exact) mass is 466 g/mol. The van der Waals surface area contributed by atoms with E-state index in [4.69, 9.17) is 23.2 Å². The van der Waals surface area contributed by atoms with Crippen LogP contribution in [0.4, 0.5) is 0 Å². The fourth-order valence-corrected chi connectivity index (χ4v) is 4.20. The Hall–Kier alpha value is -3.15. The third-order valence-corrected chi connectivity index (χ3v) is 6.26. The van der Waals surface area contributed by atoms with Gasteiger partial charge in [-0.25, -0.2) is 0 Å². The molecular weight excluding hydrogens is 447 g/mol. The van der Waals surface area contributed by atoms with Gasteiger partial charge < -0.3 is 10.0 Å². The number of aryl methyl sites for hydroxylation is 2. The smallest absolute Gasteiger partial charge is 0.295 e. The van der Waals surface area contributed by atoms with Crippen LogP contribution < -0.4 is 0 Å². The van der Waals surface area contributed by atoms with Gasteiger partial charge in [0.1, 0.15) is 5.76 Å². The van der Waals surface area contributed by atoms with Gasteiger partial charge in [0.2, 0.25) is 0 Å². The minimum Gasteiger partial charge on any atom is -0.507 e. The van der Waals surface area contributed by atoms with Crippen LogP contribution in [0, 0.1) is 13.8 Å². The highest BCUT2D eigenvalue weighted by molar-refractivity contribution is 6.46. The second kappa shape index (κ2) is 8.77. The molecule has 3 aromatic rings. The van der Waals surface area contributed by atoms with E-state index in [0.29, 0.717) is 21.2 Å². The number of nitrogens with zero attached hydrogens (tertiary/aromatic N) is 2.